The zero-order valence-electron chi connectivity index (χ0n) is 14.3. The van der Waals surface area contributed by atoms with Crippen LogP contribution in [0.1, 0.15) is 40.0 Å². The summed E-state index contributed by atoms with van der Waals surface area (Å²) in [5.41, 5.74) is 19.3. The number of rotatable bonds is 2. The maximum Gasteiger partial charge on any atom is 0.0568 e. The van der Waals surface area contributed by atoms with Gasteiger partial charge in [-0.15, -0.1) is 0 Å². The third kappa shape index (κ3) is 5.88. The lowest BCUT2D eigenvalue weighted by Crippen LogP contribution is -2.34. The van der Waals surface area contributed by atoms with Gasteiger partial charge in [0.15, 0.2) is 0 Å². The Bertz CT molecular complexity index is 468. The molecule has 1 aliphatic heterocycles. The molecule has 1 saturated heterocycles. The molecule has 124 valence electrons. The third-order valence-electron chi connectivity index (χ3n) is 3.95. The van der Waals surface area contributed by atoms with Gasteiger partial charge in [0.25, 0.3) is 0 Å². The van der Waals surface area contributed by atoms with Crippen LogP contribution in [-0.4, -0.2) is 13.1 Å². The number of nitrogen functional groups attached to an aromatic ring is 2. The Morgan fingerprint density at radius 1 is 1.18 bits per heavy atom. The van der Waals surface area contributed by atoms with Gasteiger partial charge in [0.05, 0.1) is 11.4 Å². The second-order valence-corrected chi connectivity index (χ2v) is 7.24. The molecule has 2 rings (SSSR count). The maximum atomic E-state index is 5.89. The quantitative estimate of drug-likeness (QED) is 0.729. The normalized spacial score (nSPS) is 15.9. The fourth-order valence-corrected chi connectivity index (χ4v) is 3.02. The fraction of sp³-hybridized carbons (Fsp3) is 0.556. The molecule has 0 aliphatic carbocycles. The van der Waals surface area contributed by atoms with Gasteiger partial charge in [0.2, 0.25) is 0 Å². The monoisotopic (exact) mass is 304 g/mol. The van der Waals surface area contributed by atoms with Gasteiger partial charge >= 0.3 is 0 Å². The first-order valence-electron chi connectivity index (χ1n) is 7.99. The lowest BCUT2D eigenvalue weighted by Gasteiger charge is -2.36. The van der Waals surface area contributed by atoms with E-state index in [-0.39, 0.29) is 0 Å². The summed E-state index contributed by atoms with van der Waals surface area (Å²) in [6, 6.07) is 5.99. The van der Waals surface area contributed by atoms with Crippen molar-refractivity contribution >= 4 is 17.1 Å². The molecule has 1 heterocycles. The average Bonchev–Trinajstić information content (AvgIpc) is 2.42. The van der Waals surface area contributed by atoms with Gasteiger partial charge in [-0.1, -0.05) is 27.4 Å². The largest absolute Gasteiger partial charge is 0.405 e. The Kier molecular flexibility index (Phi) is 6.60. The van der Waals surface area contributed by atoms with Crippen LogP contribution >= 0.6 is 0 Å². The molecule has 0 saturated carbocycles. The van der Waals surface area contributed by atoms with Gasteiger partial charge in [0.1, 0.15) is 0 Å². The highest BCUT2D eigenvalue weighted by molar-refractivity contribution is 5.69. The minimum atomic E-state index is 0.443. The number of benzene rings is 1. The summed E-state index contributed by atoms with van der Waals surface area (Å²) in [7, 11) is 0. The molecule has 0 aromatic heterocycles. The minimum Gasteiger partial charge on any atom is -0.405 e. The molecule has 1 aromatic carbocycles. The minimum absolute atomic E-state index is 0.443. The van der Waals surface area contributed by atoms with Crippen molar-refractivity contribution in [2.75, 3.05) is 29.5 Å². The molecule has 22 heavy (non-hydrogen) atoms. The first-order valence-corrected chi connectivity index (χ1v) is 7.99. The Hall–Kier alpha value is -1.84. The van der Waals surface area contributed by atoms with Crippen LogP contribution < -0.4 is 22.1 Å². The van der Waals surface area contributed by atoms with E-state index in [4.69, 9.17) is 11.5 Å². The number of hydrogen-bond acceptors (Lipinski definition) is 4. The third-order valence-corrected chi connectivity index (χ3v) is 3.95. The van der Waals surface area contributed by atoms with Crippen LogP contribution in [0.5, 0.6) is 0 Å². The first-order chi connectivity index (χ1) is 10.3. The summed E-state index contributed by atoms with van der Waals surface area (Å²) in [4.78, 5) is 2.43. The van der Waals surface area contributed by atoms with Gasteiger partial charge in [0, 0.05) is 18.8 Å². The van der Waals surface area contributed by atoms with E-state index in [1.807, 2.05) is 12.1 Å². The van der Waals surface area contributed by atoms with Crippen LogP contribution in [0, 0.1) is 11.3 Å². The maximum absolute atomic E-state index is 5.89. The number of piperidine rings is 1. The highest BCUT2D eigenvalue weighted by Gasteiger charge is 2.24. The van der Waals surface area contributed by atoms with Gasteiger partial charge in [-0.2, -0.15) is 0 Å². The lowest BCUT2D eigenvalue weighted by molar-refractivity contribution is 0.258. The van der Waals surface area contributed by atoms with E-state index in [0.29, 0.717) is 16.8 Å². The van der Waals surface area contributed by atoms with E-state index < -0.39 is 0 Å². The molecule has 6 N–H and O–H groups in total. The summed E-state index contributed by atoms with van der Waals surface area (Å²) >= 11 is 0. The summed E-state index contributed by atoms with van der Waals surface area (Å²) in [6.45, 7) is 12.4. The fourth-order valence-electron chi connectivity index (χ4n) is 3.02. The number of nitrogens with two attached hydrogens (primary N) is 3. The Morgan fingerprint density at radius 3 is 2.18 bits per heavy atom. The van der Waals surface area contributed by atoms with E-state index >= 15 is 0 Å². The van der Waals surface area contributed by atoms with Crippen molar-refractivity contribution in [1.82, 2.24) is 0 Å². The van der Waals surface area contributed by atoms with Gasteiger partial charge < -0.3 is 22.1 Å². The Labute approximate surface area is 135 Å². The van der Waals surface area contributed by atoms with Crippen molar-refractivity contribution < 1.29 is 0 Å². The molecule has 1 aliphatic rings. The van der Waals surface area contributed by atoms with Crippen molar-refractivity contribution in [3.8, 4) is 0 Å². The van der Waals surface area contributed by atoms with Gasteiger partial charge in [-0.3, -0.25) is 0 Å². The van der Waals surface area contributed by atoms with Crippen LogP contribution in [0.2, 0.25) is 0 Å². The topological polar surface area (TPSA) is 81.3 Å². The summed E-state index contributed by atoms with van der Waals surface area (Å²) < 4.78 is 0. The van der Waals surface area contributed by atoms with E-state index in [0.717, 1.165) is 19.0 Å². The summed E-state index contributed by atoms with van der Waals surface area (Å²) in [5, 5.41) is 0. The molecule has 0 radical (unpaired) electrons. The van der Waals surface area contributed by atoms with Crippen molar-refractivity contribution in [2.24, 2.45) is 17.1 Å². The molecule has 0 amide bonds. The Morgan fingerprint density at radius 2 is 1.73 bits per heavy atom. The van der Waals surface area contributed by atoms with E-state index in [2.05, 4.69) is 44.1 Å². The van der Waals surface area contributed by atoms with E-state index in [9.17, 15) is 0 Å². The molecule has 1 fully saturated rings. The summed E-state index contributed by atoms with van der Waals surface area (Å²) in [5.74, 6) is 0.863. The van der Waals surface area contributed by atoms with Crippen LogP contribution in [0.3, 0.4) is 0 Å². The van der Waals surface area contributed by atoms with Crippen molar-refractivity contribution in [1.29, 1.82) is 0 Å². The molecule has 0 spiro atoms. The molecule has 4 heteroatoms. The molecular weight excluding hydrogens is 272 g/mol. The SMILES string of the molecule is C=CN.CC(C)(C)CC1CCN(c2ccc(N)c(N)c2)CC1. The highest BCUT2D eigenvalue weighted by Crippen LogP contribution is 2.33. The predicted octanol–water partition coefficient (Wildman–Crippen LogP) is 3.59. The molecule has 1 aromatic rings. The average molecular weight is 304 g/mol. The molecular formula is C18H32N4. The van der Waals surface area contributed by atoms with Crippen LogP contribution in [0.4, 0.5) is 17.1 Å². The molecule has 4 nitrogen and oxygen atoms in total. The van der Waals surface area contributed by atoms with Gasteiger partial charge in [-0.05, 0) is 55.0 Å². The summed E-state index contributed by atoms with van der Waals surface area (Å²) in [6.07, 6.45) is 5.13. The van der Waals surface area contributed by atoms with Crippen LogP contribution in [0.25, 0.3) is 0 Å². The molecule has 0 unspecified atom stereocenters. The van der Waals surface area contributed by atoms with Crippen LogP contribution in [-0.2, 0) is 0 Å². The van der Waals surface area contributed by atoms with Crippen molar-refractivity contribution in [2.45, 2.75) is 40.0 Å². The van der Waals surface area contributed by atoms with E-state index in [1.165, 1.54) is 31.1 Å². The van der Waals surface area contributed by atoms with Crippen LogP contribution in [0.15, 0.2) is 31.0 Å². The second-order valence-electron chi connectivity index (χ2n) is 7.24. The predicted molar refractivity (Wildman–Crippen MR) is 98.7 cm³/mol. The smallest absolute Gasteiger partial charge is 0.0568 e. The zero-order chi connectivity index (χ0) is 16.8. The number of hydrogen-bond donors (Lipinski definition) is 3. The molecule has 0 atom stereocenters. The Balaban J connectivity index is 0.000000745. The van der Waals surface area contributed by atoms with Gasteiger partial charge in [-0.25, -0.2) is 0 Å². The highest BCUT2D eigenvalue weighted by atomic mass is 15.1. The second kappa shape index (κ2) is 7.97. The number of nitrogens with zero attached hydrogens (tertiary/aromatic N) is 1. The van der Waals surface area contributed by atoms with E-state index in [1.54, 1.807) is 0 Å². The standard InChI is InChI=1S/C16H27N3.C2H5N/c1-16(2,3)11-12-6-8-19(9-7-12)13-4-5-14(17)15(18)10-13;1-2-3/h4-5,10,12H,6-9,11,17-18H2,1-3H3;2H,1,3H2. The van der Waals surface area contributed by atoms with Crippen molar-refractivity contribution in [3.05, 3.63) is 31.0 Å². The number of anilines is 3. The lowest BCUT2D eigenvalue weighted by atomic mass is 9.80. The molecule has 0 bridgehead atoms. The van der Waals surface area contributed by atoms with Crippen molar-refractivity contribution in [3.63, 3.8) is 0 Å². The first kappa shape index (κ1) is 18.2. The zero-order valence-corrected chi connectivity index (χ0v) is 14.3.